The van der Waals surface area contributed by atoms with Gasteiger partial charge in [0.25, 0.3) is 0 Å². The molecule has 2 heterocycles. The molecule has 21 heavy (non-hydrogen) atoms. The summed E-state index contributed by atoms with van der Waals surface area (Å²) in [6.45, 7) is 6.78. The van der Waals surface area contributed by atoms with Crippen molar-refractivity contribution in [1.82, 2.24) is 25.8 Å². The van der Waals surface area contributed by atoms with Crippen molar-refractivity contribution in [2.75, 3.05) is 13.1 Å². The fourth-order valence-electron chi connectivity index (χ4n) is 1.72. The first kappa shape index (κ1) is 15.4. The zero-order valence-corrected chi connectivity index (χ0v) is 13.2. The van der Waals surface area contributed by atoms with Gasteiger partial charge in [0, 0.05) is 36.5 Å². The van der Waals surface area contributed by atoms with Gasteiger partial charge in [-0.1, -0.05) is 12.1 Å². The van der Waals surface area contributed by atoms with Crippen LogP contribution in [0.5, 0.6) is 0 Å². The van der Waals surface area contributed by atoms with E-state index in [1.165, 1.54) is 0 Å². The van der Waals surface area contributed by atoms with Crippen molar-refractivity contribution in [3.63, 3.8) is 0 Å². The highest BCUT2D eigenvalue weighted by atomic mass is 32.1. The Morgan fingerprint density at radius 2 is 2.19 bits per heavy atom. The molecule has 2 rings (SSSR count). The van der Waals surface area contributed by atoms with E-state index in [0.29, 0.717) is 31.2 Å². The number of thiazole rings is 1. The minimum atomic E-state index is -0.202. The zero-order valence-electron chi connectivity index (χ0n) is 12.3. The van der Waals surface area contributed by atoms with Crippen molar-refractivity contribution in [2.45, 2.75) is 33.1 Å². The number of nitrogens with one attached hydrogen (secondary N) is 2. The van der Waals surface area contributed by atoms with Crippen LogP contribution in [0.15, 0.2) is 9.90 Å². The Hall–Kier alpha value is -1.96. The van der Waals surface area contributed by atoms with Gasteiger partial charge in [-0.2, -0.15) is 4.98 Å². The van der Waals surface area contributed by atoms with Gasteiger partial charge >= 0.3 is 6.03 Å². The Morgan fingerprint density at radius 1 is 1.38 bits per heavy atom. The first-order valence-corrected chi connectivity index (χ1v) is 7.65. The number of carbonyl (C=O) groups excluding carboxylic acids is 1. The molecule has 0 unspecified atom stereocenters. The maximum Gasteiger partial charge on any atom is 0.314 e. The molecule has 0 aromatic carbocycles. The predicted molar refractivity (Wildman–Crippen MR) is 79.4 cm³/mol. The number of aryl methyl sites for hydroxylation is 2. The van der Waals surface area contributed by atoms with Gasteiger partial charge in [-0.05, 0) is 13.8 Å². The molecule has 2 aromatic rings. The number of hydrogen-bond donors (Lipinski definition) is 2. The normalized spacial score (nSPS) is 12.1. The first-order chi connectivity index (χ1) is 10.0. The highest BCUT2D eigenvalue weighted by Crippen LogP contribution is 2.18. The topological polar surface area (TPSA) is 92.9 Å². The Bertz CT molecular complexity index is 595. The molecule has 0 bridgehead atoms. The number of rotatable bonds is 6. The van der Waals surface area contributed by atoms with Gasteiger partial charge in [-0.25, -0.2) is 9.78 Å². The summed E-state index contributed by atoms with van der Waals surface area (Å²) in [5.41, 5.74) is 1.01. The van der Waals surface area contributed by atoms with Crippen molar-refractivity contribution in [3.8, 4) is 0 Å². The maximum absolute atomic E-state index is 11.7. The summed E-state index contributed by atoms with van der Waals surface area (Å²) in [7, 11) is 0. The highest BCUT2D eigenvalue weighted by molar-refractivity contribution is 7.09. The van der Waals surface area contributed by atoms with Crippen LogP contribution < -0.4 is 10.6 Å². The zero-order chi connectivity index (χ0) is 15.2. The third-order valence-electron chi connectivity index (χ3n) is 2.82. The van der Waals surface area contributed by atoms with Gasteiger partial charge < -0.3 is 15.2 Å². The van der Waals surface area contributed by atoms with Crippen LogP contribution in [0.3, 0.4) is 0 Å². The van der Waals surface area contributed by atoms with E-state index in [-0.39, 0.29) is 11.9 Å². The lowest BCUT2D eigenvalue weighted by Gasteiger charge is -2.10. The molecule has 1 atom stereocenters. The minimum absolute atomic E-state index is 0.202. The van der Waals surface area contributed by atoms with Crippen LogP contribution in [0.4, 0.5) is 4.79 Å². The van der Waals surface area contributed by atoms with E-state index < -0.39 is 0 Å². The van der Waals surface area contributed by atoms with E-state index in [2.05, 4.69) is 25.8 Å². The first-order valence-electron chi connectivity index (χ1n) is 6.77. The molecule has 0 saturated carbocycles. The molecule has 8 heteroatoms. The van der Waals surface area contributed by atoms with E-state index in [1.807, 2.05) is 19.2 Å². The molecule has 114 valence electrons. The number of carbonyl (C=O) groups is 1. The molecule has 7 nitrogen and oxygen atoms in total. The van der Waals surface area contributed by atoms with Crippen molar-refractivity contribution < 1.29 is 9.32 Å². The molecule has 0 aliphatic heterocycles. The third-order valence-corrected chi connectivity index (χ3v) is 4.02. The van der Waals surface area contributed by atoms with Crippen molar-refractivity contribution in [3.05, 3.63) is 27.8 Å². The molecule has 0 fully saturated rings. The van der Waals surface area contributed by atoms with Crippen LogP contribution >= 0.6 is 11.3 Å². The lowest BCUT2D eigenvalue weighted by atomic mass is 10.2. The maximum atomic E-state index is 11.7. The van der Waals surface area contributed by atoms with Gasteiger partial charge in [0.15, 0.2) is 5.82 Å². The van der Waals surface area contributed by atoms with Gasteiger partial charge in [-0.15, -0.1) is 11.3 Å². The van der Waals surface area contributed by atoms with Crippen LogP contribution in [0, 0.1) is 13.8 Å². The van der Waals surface area contributed by atoms with Crippen molar-refractivity contribution >= 4 is 17.4 Å². The summed E-state index contributed by atoms with van der Waals surface area (Å²) in [5, 5.41) is 12.3. The van der Waals surface area contributed by atoms with Crippen LogP contribution in [0.2, 0.25) is 0 Å². The van der Waals surface area contributed by atoms with E-state index in [0.717, 1.165) is 10.7 Å². The number of nitrogens with zero attached hydrogens (tertiary/aromatic N) is 3. The molecule has 2 N–H and O–H groups in total. The van der Waals surface area contributed by atoms with Crippen molar-refractivity contribution in [2.24, 2.45) is 0 Å². The Labute approximate surface area is 127 Å². The SMILES string of the molecule is Cc1csc([C@@H](C)CNC(=O)NCCc2nc(C)no2)n1. The summed E-state index contributed by atoms with van der Waals surface area (Å²) < 4.78 is 4.96. The molecule has 0 aliphatic rings. The molecule has 0 saturated heterocycles. The second-order valence-electron chi connectivity index (χ2n) is 4.85. The van der Waals surface area contributed by atoms with E-state index in [9.17, 15) is 4.79 Å². The minimum Gasteiger partial charge on any atom is -0.339 e. The van der Waals surface area contributed by atoms with Crippen molar-refractivity contribution in [1.29, 1.82) is 0 Å². The van der Waals surface area contributed by atoms with Crippen LogP contribution in [0.25, 0.3) is 0 Å². The van der Waals surface area contributed by atoms with Gasteiger partial charge in [0.05, 0.1) is 5.01 Å². The monoisotopic (exact) mass is 309 g/mol. The highest BCUT2D eigenvalue weighted by Gasteiger charge is 2.11. The summed E-state index contributed by atoms with van der Waals surface area (Å²) in [5.74, 6) is 1.33. The van der Waals surface area contributed by atoms with Crippen LogP contribution in [-0.2, 0) is 6.42 Å². The lowest BCUT2D eigenvalue weighted by Crippen LogP contribution is -2.38. The number of hydrogen-bond acceptors (Lipinski definition) is 6. The molecule has 0 radical (unpaired) electrons. The average molecular weight is 309 g/mol. The quantitative estimate of drug-likeness (QED) is 0.848. The smallest absolute Gasteiger partial charge is 0.314 e. The molecule has 2 aromatic heterocycles. The van der Waals surface area contributed by atoms with E-state index >= 15 is 0 Å². The van der Waals surface area contributed by atoms with E-state index in [1.54, 1.807) is 18.3 Å². The largest absolute Gasteiger partial charge is 0.339 e. The molecule has 0 aliphatic carbocycles. The van der Waals surface area contributed by atoms with Gasteiger partial charge in [0.1, 0.15) is 0 Å². The fourth-order valence-corrected chi connectivity index (χ4v) is 2.58. The summed E-state index contributed by atoms with van der Waals surface area (Å²) in [6.07, 6.45) is 0.523. The third kappa shape index (κ3) is 4.82. The number of aromatic nitrogens is 3. The number of amides is 2. The average Bonchev–Trinajstić information content (AvgIpc) is 3.05. The standard InChI is InChI=1S/C13H19N5O2S/c1-8(12-16-9(2)7-21-12)6-15-13(19)14-5-4-11-17-10(3)18-20-11/h7-8H,4-6H2,1-3H3,(H2,14,15,19)/t8-/m0/s1. The number of urea groups is 1. The molecule has 0 spiro atoms. The van der Waals surface area contributed by atoms with Gasteiger partial charge in [0.2, 0.25) is 5.89 Å². The van der Waals surface area contributed by atoms with Gasteiger partial charge in [-0.3, -0.25) is 0 Å². The molecular formula is C13H19N5O2S. The predicted octanol–water partition coefficient (Wildman–Crippen LogP) is 1.79. The van der Waals surface area contributed by atoms with Crippen LogP contribution in [0.1, 0.15) is 35.3 Å². The molecular weight excluding hydrogens is 290 g/mol. The summed E-state index contributed by atoms with van der Waals surface area (Å²) in [4.78, 5) is 20.2. The lowest BCUT2D eigenvalue weighted by molar-refractivity contribution is 0.240. The fraction of sp³-hybridized carbons (Fsp3) is 0.538. The van der Waals surface area contributed by atoms with Crippen LogP contribution in [-0.4, -0.2) is 34.2 Å². The Morgan fingerprint density at radius 3 is 2.81 bits per heavy atom. The molecule has 2 amide bonds. The second-order valence-corrected chi connectivity index (χ2v) is 5.74. The summed E-state index contributed by atoms with van der Waals surface area (Å²) in [6, 6.07) is -0.202. The Kier molecular flexibility index (Phi) is 5.26. The second kappa shape index (κ2) is 7.16. The summed E-state index contributed by atoms with van der Waals surface area (Å²) >= 11 is 1.62. The van der Waals surface area contributed by atoms with E-state index in [4.69, 9.17) is 4.52 Å². The Balaban J connectivity index is 1.65.